The molecule has 12 heavy (non-hydrogen) atoms. The lowest BCUT2D eigenvalue weighted by atomic mass is 9.81. The first-order valence-corrected chi connectivity index (χ1v) is 5.68. The number of rotatable bonds is 1. The van der Waals surface area contributed by atoms with Gasteiger partial charge in [0, 0.05) is 11.3 Å². The molecule has 1 aromatic rings. The largest absolute Gasteiger partial charge is 0.249 e. The number of thiazole rings is 1. The Kier molecular flexibility index (Phi) is 2.45. The van der Waals surface area contributed by atoms with Gasteiger partial charge in [-0.05, 0) is 18.8 Å². The molecule has 0 radical (unpaired) electrons. The minimum Gasteiger partial charge on any atom is -0.249 e. The van der Waals surface area contributed by atoms with E-state index in [2.05, 4.69) is 17.3 Å². The Morgan fingerprint density at radius 2 is 2.42 bits per heavy atom. The summed E-state index contributed by atoms with van der Waals surface area (Å²) in [6, 6.07) is 0. The van der Waals surface area contributed by atoms with Crippen molar-refractivity contribution < 1.29 is 0 Å². The molecule has 0 aliphatic heterocycles. The maximum Gasteiger partial charge on any atom is 0.0794 e. The van der Waals surface area contributed by atoms with Crippen LogP contribution in [0.1, 0.15) is 44.2 Å². The summed E-state index contributed by atoms with van der Waals surface area (Å²) < 4.78 is 0. The summed E-state index contributed by atoms with van der Waals surface area (Å²) in [7, 11) is 0. The van der Waals surface area contributed by atoms with E-state index in [0.29, 0.717) is 0 Å². The second-order valence-electron chi connectivity index (χ2n) is 3.88. The summed E-state index contributed by atoms with van der Waals surface area (Å²) in [5, 5.41) is 2.21. The second-order valence-corrected chi connectivity index (χ2v) is 4.60. The molecule has 1 aliphatic rings. The molecule has 0 saturated heterocycles. The third-order valence-electron chi connectivity index (χ3n) is 2.81. The quantitative estimate of drug-likeness (QED) is 0.646. The fourth-order valence-electron chi connectivity index (χ4n) is 2.13. The SMILES string of the molecule is CC1CCCC(c2cscn2)C1. The minimum absolute atomic E-state index is 0.764. The molecule has 2 rings (SSSR count). The van der Waals surface area contributed by atoms with Crippen molar-refractivity contribution in [1.82, 2.24) is 4.98 Å². The van der Waals surface area contributed by atoms with E-state index < -0.39 is 0 Å². The molecule has 0 N–H and O–H groups in total. The van der Waals surface area contributed by atoms with Crippen LogP contribution in [0.3, 0.4) is 0 Å². The van der Waals surface area contributed by atoms with E-state index in [1.807, 2.05) is 5.51 Å². The van der Waals surface area contributed by atoms with Gasteiger partial charge in [-0.1, -0.05) is 19.8 Å². The molecule has 66 valence electrons. The van der Waals surface area contributed by atoms with E-state index in [9.17, 15) is 0 Å². The van der Waals surface area contributed by atoms with Crippen LogP contribution in [0, 0.1) is 5.92 Å². The van der Waals surface area contributed by atoms with Crippen molar-refractivity contribution in [3.63, 3.8) is 0 Å². The van der Waals surface area contributed by atoms with Gasteiger partial charge in [-0.2, -0.15) is 0 Å². The van der Waals surface area contributed by atoms with Crippen LogP contribution in [0.4, 0.5) is 0 Å². The minimum atomic E-state index is 0.764. The molecule has 1 saturated carbocycles. The van der Waals surface area contributed by atoms with Crippen LogP contribution < -0.4 is 0 Å². The smallest absolute Gasteiger partial charge is 0.0794 e. The van der Waals surface area contributed by atoms with Gasteiger partial charge in [0.2, 0.25) is 0 Å². The highest BCUT2D eigenvalue weighted by molar-refractivity contribution is 7.07. The van der Waals surface area contributed by atoms with E-state index in [4.69, 9.17) is 0 Å². The first kappa shape index (κ1) is 8.24. The van der Waals surface area contributed by atoms with Crippen LogP contribution in [0.15, 0.2) is 10.9 Å². The van der Waals surface area contributed by atoms with Crippen molar-refractivity contribution in [1.29, 1.82) is 0 Å². The van der Waals surface area contributed by atoms with Crippen LogP contribution in [0.25, 0.3) is 0 Å². The predicted molar refractivity (Wildman–Crippen MR) is 52.5 cm³/mol. The lowest BCUT2D eigenvalue weighted by Crippen LogP contribution is -2.11. The lowest BCUT2D eigenvalue weighted by Gasteiger charge is -2.25. The van der Waals surface area contributed by atoms with Gasteiger partial charge in [0.1, 0.15) is 0 Å². The average molecular weight is 181 g/mol. The average Bonchev–Trinajstić information content (AvgIpc) is 2.56. The molecule has 1 nitrogen and oxygen atoms in total. The topological polar surface area (TPSA) is 12.9 Å². The van der Waals surface area contributed by atoms with Crippen molar-refractivity contribution in [2.75, 3.05) is 0 Å². The molecule has 1 fully saturated rings. The maximum atomic E-state index is 4.39. The molecule has 0 aromatic carbocycles. The number of aromatic nitrogens is 1. The molecule has 1 aromatic heterocycles. The van der Waals surface area contributed by atoms with Gasteiger partial charge in [-0.15, -0.1) is 11.3 Å². The first-order chi connectivity index (χ1) is 5.86. The van der Waals surface area contributed by atoms with Crippen molar-refractivity contribution in [3.05, 3.63) is 16.6 Å². The molecule has 2 unspecified atom stereocenters. The molecule has 2 heteroatoms. The summed E-state index contributed by atoms with van der Waals surface area (Å²) in [6.07, 6.45) is 5.52. The van der Waals surface area contributed by atoms with Gasteiger partial charge in [0.05, 0.1) is 11.2 Å². The highest BCUT2D eigenvalue weighted by atomic mass is 32.1. The van der Waals surface area contributed by atoms with Crippen LogP contribution in [0.2, 0.25) is 0 Å². The van der Waals surface area contributed by atoms with Gasteiger partial charge in [0.25, 0.3) is 0 Å². The second kappa shape index (κ2) is 3.56. The Labute approximate surface area is 77.8 Å². The van der Waals surface area contributed by atoms with Gasteiger partial charge in [-0.25, -0.2) is 4.98 Å². The number of nitrogens with zero attached hydrogens (tertiary/aromatic N) is 1. The summed E-state index contributed by atoms with van der Waals surface area (Å²) in [4.78, 5) is 4.39. The Morgan fingerprint density at radius 1 is 1.50 bits per heavy atom. The van der Waals surface area contributed by atoms with E-state index in [-0.39, 0.29) is 0 Å². The van der Waals surface area contributed by atoms with Crippen molar-refractivity contribution in [3.8, 4) is 0 Å². The van der Waals surface area contributed by atoms with Crippen LogP contribution in [-0.4, -0.2) is 4.98 Å². The standard InChI is InChI=1S/C10H15NS/c1-8-3-2-4-9(5-8)10-6-12-7-11-10/h6-9H,2-5H2,1H3. The third-order valence-corrected chi connectivity index (χ3v) is 3.41. The van der Waals surface area contributed by atoms with Crippen molar-refractivity contribution in [2.24, 2.45) is 5.92 Å². The molecule has 0 spiro atoms. The zero-order valence-electron chi connectivity index (χ0n) is 7.49. The van der Waals surface area contributed by atoms with E-state index in [1.165, 1.54) is 31.4 Å². The zero-order valence-corrected chi connectivity index (χ0v) is 8.31. The summed E-state index contributed by atoms with van der Waals surface area (Å²) in [6.45, 7) is 2.36. The zero-order chi connectivity index (χ0) is 8.39. The van der Waals surface area contributed by atoms with Crippen LogP contribution in [0.5, 0.6) is 0 Å². The van der Waals surface area contributed by atoms with Crippen molar-refractivity contribution in [2.45, 2.75) is 38.5 Å². The Bertz CT molecular complexity index is 230. The van der Waals surface area contributed by atoms with Gasteiger partial charge in [0.15, 0.2) is 0 Å². The van der Waals surface area contributed by atoms with Gasteiger partial charge in [-0.3, -0.25) is 0 Å². The van der Waals surface area contributed by atoms with Gasteiger partial charge < -0.3 is 0 Å². The maximum absolute atomic E-state index is 4.39. The Balaban J connectivity index is 2.04. The molecule has 0 amide bonds. The highest BCUT2D eigenvalue weighted by Crippen LogP contribution is 2.35. The van der Waals surface area contributed by atoms with E-state index >= 15 is 0 Å². The van der Waals surface area contributed by atoms with E-state index in [1.54, 1.807) is 11.3 Å². The first-order valence-electron chi connectivity index (χ1n) is 4.74. The monoisotopic (exact) mass is 181 g/mol. The Morgan fingerprint density at radius 3 is 3.08 bits per heavy atom. The summed E-state index contributed by atoms with van der Waals surface area (Å²) in [5.41, 5.74) is 3.29. The molecular formula is C10H15NS. The molecule has 0 bridgehead atoms. The highest BCUT2D eigenvalue weighted by Gasteiger charge is 2.21. The fraction of sp³-hybridized carbons (Fsp3) is 0.700. The molecule has 1 heterocycles. The Hall–Kier alpha value is -0.370. The van der Waals surface area contributed by atoms with E-state index in [0.717, 1.165) is 11.8 Å². The van der Waals surface area contributed by atoms with Gasteiger partial charge >= 0.3 is 0 Å². The fourth-order valence-corrected chi connectivity index (χ4v) is 2.76. The number of hydrogen-bond acceptors (Lipinski definition) is 2. The number of hydrogen-bond donors (Lipinski definition) is 0. The molecular weight excluding hydrogens is 166 g/mol. The third kappa shape index (κ3) is 1.69. The molecule has 2 atom stereocenters. The summed E-state index contributed by atoms with van der Waals surface area (Å²) >= 11 is 1.72. The van der Waals surface area contributed by atoms with Crippen LogP contribution in [-0.2, 0) is 0 Å². The molecule has 1 aliphatic carbocycles. The summed E-state index contributed by atoms with van der Waals surface area (Å²) in [5.74, 6) is 1.67. The predicted octanol–water partition coefficient (Wildman–Crippen LogP) is 3.44. The normalized spacial score (nSPS) is 30.4. The lowest BCUT2D eigenvalue weighted by molar-refractivity contribution is 0.340. The van der Waals surface area contributed by atoms with Crippen LogP contribution >= 0.6 is 11.3 Å². The van der Waals surface area contributed by atoms with Crippen molar-refractivity contribution >= 4 is 11.3 Å².